The van der Waals surface area contributed by atoms with Crippen molar-refractivity contribution in [2.75, 3.05) is 0 Å². The third kappa shape index (κ3) is 1.45. The summed E-state index contributed by atoms with van der Waals surface area (Å²) in [5.74, 6) is -1.37. The van der Waals surface area contributed by atoms with E-state index in [1.807, 2.05) is 0 Å². The minimum atomic E-state index is -2.24. The van der Waals surface area contributed by atoms with Gasteiger partial charge in [0.1, 0.15) is 5.75 Å². The minimum absolute atomic E-state index is 0.0625. The van der Waals surface area contributed by atoms with E-state index >= 15 is 0 Å². The van der Waals surface area contributed by atoms with Gasteiger partial charge in [-0.3, -0.25) is 9.59 Å². The molecule has 2 aromatic carbocycles. The molecule has 0 fully saturated rings. The Labute approximate surface area is 115 Å². The Hall–Kier alpha value is -2.46. The molecule has 4 heteroatoms. The Balaban J connectivity index is 2.21. The van der Waals surface area contributed by atoms with Crippen molar-refractivity contribution < 1.29 is 19.8 Å². The zero-order valence-electron chi connectivity index (χ0n) is 10.8. The van der Waals surface area contributed by atoms with Crippen LogP contribution in [-0.4, -0.2) is 21.8 Å². The summed E-state index contributed by atoms with van der Waals surface area (Å²) in [4.78, 5) is 24.7. The zero-order valence-corrected chi connectivity index (χ0v) is 10.8. The Bertz CT molecular complexity index is 711. The molecule has 0 radical (unpaired) electrons. The quantitative estimate of drug-likeness (QED) is 0.775. The third-order valence-electron chi connectivity index (χ3n) is 3.70. The fourth-order valence-electron chi connectivity index (χ4n) is 2.47. The van der Waals surface area contributed by atoms with Gasteiger partial charge in [0.25, 0.3) is 0 Å². The van der Waals surface area contributed by atoms with Crippen molar-refractivity contribution in [2.24, 2.45) is 0 Å². The van der Waals surface area contributed by atoms with E-state index < -0.39 is 17.2 Å². The van der Waals surface area contributed by atoms with Crippen molar-refractivity contribution in [2.45, 2.75) is 12.5 Å². The van der Waals surface area contributed by atoms with Crippen LogP contribution in [0.4, 0.5) is 0 Å². The molecule has 4 nitrogen and oxygen atoms in total. The van der Waals surface area contributed by atoms with E-state index in [1.165, 1.54) is 24.3 Å². The van der Waals surface area contributed by atoms with Gasteiger partial charge >= 0.3 is 0 Å². The molecule has 20 heavy (non-hydrogen) atoms. The first-order valence-corrected chi connectivity index (χ1v) is 6.17. The van der Waals surface area contributed by atoms with Gasteiger partial charge in [-0.15, -0.1) is 0 Å². The van der Waals surface area contributed by atoms with Crippen LogP contribution in [0.5, 0.6) is 5.75 Å². The maximum absolute atomic E-state index is 12.4. The van der Waals surface area contributed by atoms with Crippen LogP contribution in [0.1, 0.15) is 31.8 Å². The number of ketones is 2. The average molecular weight is 268 g/mol. The van der Waals surface area contributed by atoms with Gasteiger partial charge in [0.05, 0.1) is 0 Å². The van der Waals surface area contributed by atoms with E-state index in [1.54, 1.807) is 25.1 Å². The highest BCUT2D eigenvalue weighted by molar-refractivity contribution is 6.31. The average Bonchev–Trinajstić information content (AvgIpc) is 2.65. The molecule has 100 valence electrons. The highest BCUT2D eigenvalue weighted by Gasteiger charge is 2.53. The number of carbonyl (C=O) groups excluding carboxylic acids is 2. The lowest BCUT2D eigenvalue weighted by Gasteiger charge is -2.20. The number of aromatic hydroxyl groups is 1. The Morgan fingerprint density at radius 1 is 0.950 bits per heavy atom. The molecule has 0 unspecified atom stereocenters. The van der Waals surface area contributed by atoms with E-state index in [2.05, 4.69) is 0 Å². The summed E-state index contributed by atoms with van der Waals surface area (Å²) in [6.45, 7) is 1.69. The van der Waals surface area contributed by atoms with Crippen molar-refractivity contribution in [3.8, 4) is 5.75 Å². The van der Waals surface area contributed by atoms with Gasteiger partial charge in [-0.05, 0) is 18.6 Å². The van der Waals surface area contributed by atoms with Gasteiger partial charge in [0.2, 0.25) is 17.2 Å². The highest BCUT2D eigenvalue weighted by Crippen LogP contribution is 2.38. The molecule has 0 saturated carbocycles. The smallest absolute Gasteiger partial charge is 0.216 e. The summed E-state index contributed by atoms with van der Waals surface area (Å²) >= 11 is 0. The number of aliphatic hydroxyl groups is 1. The monoisotopic (exact) mass is 268 g/mol. The molecule has 1 aliphatic rings. The number of benzene rings is 2. The summed E-state index contributed by atoms with van der Waals surface area (Å²) in [7, 11) is 0. The molecular weight excluding hydrogens is 256 g/mol. The number of Topliss-reactive ketones (excluding diaryl/α,β-unsaturated/α-hetero) is 2. The Morgan fingerprint density at radius 3 is 2.00 bits per heavy atom. The molecule has 2 aromatic rings. The number of fused-ring (bicyclic) bond motifs is 1. The molecule has 0 heterocycles. The molecule has 0 bridgehead atoms. The topological polar surface area (TPSA) is 74.6 Å². The fourth-order valence-corrected chi connectivity index (χ4v) is 2.47. The first-order valence-electron chi connectivity index (χ1n) is 6.17. The second-order valence-electron chi connectivity index (χ2n) is 4.92. The van der Waals surface area contributed by atoms with Crippen LogP contribution in [-0.2, 0) is 5.60 Å². The molecule has 3 rings (SSSR count). The number of hydrogen-bond acceptors (Lipinski definition) is 4. The van der Waals surface area contributed by atoms with Gasteiger partial charge in [0.15, 0.2) is 0 Å². The van der Waals surface area contributed by atoms with Gasteiger partial charge in [-0.2, -0.15) is 0 Å². The predicted molar refractivity (Wildman–Crippen MR) is 71.8 cm³/mol. The normalized spacial score (nSPS) is 16.3. The van der Waals surface area contributed by atoms with Crippen molar-refractivity contribution in [1.29, 1.82) is 0 Å². The van der Waals surface area contributed by atoms with E-state index in [9.17, 15) is 19.8 Å². The van der Waals surface area contributed by atoms with Crippen molar-refractivity contribution in [1.82, 2.24) is 0 Å². The molecule has 0 amide bonds. The molecule has 0 saturated heterocycles. The largest absolute Gasteiger partial charge is 0.508 e. The first-order chi connectivity index (χ1) is 9.46. The van der Waals surface area contributed by atoms with Crippen LogP contribution in [0.3, 0.4) is 0 Å². The van der Waals surface area contributed by atoms with Crippen LogP contribution in [0.2, 0.25) is 0 Å². The van der Waals surface area contributed by atoms with Crippen molar-refractivity contribution in [3.05, 3.63) is 64.7 Å². The number of phenolic OH excluding ortho intramolecular Hbond substituents is 1. The van der Waals surface area contributed by atoms with Crippen molar-refractivity contribution in [3.63, 3.8) is 0 Å². The maximum atomic E-state index is 12.4. The second-order valence-corrected chi connectivity index (χ2v) is 4.92. The van der Waals surface area contributed by atoms with Crippen LogP contribution in [0.25, 0.3) is 0 Å². The summed E-state index contributed by atoms with van der Waals surface area (Å²) < 4.78 is 0. The molecule has 0 aromatic heterocycles. The maximum Gasteiger partial charge on any atom is 0.216 e. The SMILES string of the molecule is Cc1ccc(C2(O)C(=O)c3ccccc3C2=O)cc1O. The van der Waals surface area contributed by atoms with E-state index in [-0.39, 0.29) is 22.4 Å². The van der Waals surface area contributed by atoms with Crippen molar-refractivity contribution >= 4 is 11.6 Å². The number of rotatable bonds is 1. The number of phenols is 1. The number of hydrogen-bond donors (Lipinski definition) is 2. The lowest BCUT2D eigenvalue weighted by molar-refractivity contribution is 0.0321. The summed E-state index contributed by atoms with van der Waals surface area (Å²) in [5.41, 5.74) is -1.13. The zero-order chi connectivity index (χ0) is 14.5. The molecule has 2 N–H and O–H groups in total. The fraction of sp³-hybridized carbons (Fsp3) is 0.125. The summed E-state index contributed by atoms with van der Waals surface area (Å²) in [5, 5.41) is 20.4. The first kappa shape index (κ1) is 12.6. The molecular formula is C16H12O4. The standard InChI is InChI=1S/C16H12O4/c1-9-6-7-10(8-13(9)17)16(20)14(18)11-4-2-3-5-12(11)15(16)19/h2-8,17,20H,1H3. The molecule has 0 atom stereocenters. The lowest BCUT2D eigenvalue weighted by atomic mass is 9.88. The predicted octanol–water partition coefficient (Wildman–Crippen LogP) is 1.97. The van der Waals surface area contributed by atoms with Gasteiger partial charge in [0, 0.05) is 16.7 Å². The number of aryl methyl sites for hydroxylation is 1. The molecule has 0 spiro atoms. The third-order valence-corrected chi connectivity index (χ3v) is 3.70. The van der Waals surface area contributed by atoms with Crippen LogP contribution in [0, 0.1) is 6.92 Å². The van der Waals surface area contributed by atoms with E-state index in [0.717, 1.165) is 0 Å². The van der Waals surface area contributed by atoms with Crippen LogP contribution >= 0.6 is 0 Å². The second kappa shape index (κ2) is 4.02. The van der Waals surface area contributed by atoms with E-state index in [0.29, 0.717) is 5.56 Å². The molecule has 0 aliphatic heterocycles. The van der Waals surface area contributed by atoms with Crippen LogP contribution < -0.4 is 0 Å². The lowest BCUT2D eigenvalue weighted by Crippen LogP contribution is -2.38. The Kier molecular flexibility index (Phi) is 2.52. The molecule has 1 aliphatic carbocycles. The Morgan fingerprint density at radius 2 is 1.50 bits per heavy atom. The van der Waals surface area contributed by atoms with Gasteiger partial charge < -0.3 is 10.2 Å². The highest BCUT2D eigenvalue weighted by atomic mass is 16.3. The van der Waals surface area contributed by atoms with Gasteiger partial charge in [-0.25, -0.2) is 0 Å². The minimum Gasteiger partial charge on any atom is -0.508 e. The van der Waals surface area contributed by atoms with Gasteiger partial charge in [-0.1, -0.05) is 36.4 Å². The van der Waals surface area contributed by atoms with Crippen LogP contribution in [0.15, 0.2) is 42.5 Å². The van der Waals surface area contributed by atoms with E-state index in [4.69, 9.17) is 0 Å². The summed E-state index contributed by atoms with van der Waals surface area (Å²) in [6, 6.07) is 10.6. The summed E-state index contributed by atoms with van der Waals surface area (Å²) in [6.07, 6.45) is 0. The number of carbonyl (C=O) groups is 2.